The lowest BCUT2D eigenvalue weighted by molar-refractivity contribution is -0.123. The topological polar surface area (TPSA) is 113 Å². The van der Waals surface area contributed by atoms with E-state index in [1.54, 1.807) is 37.9 Å². The van der Waals surface area contributed by atoms with E-state index in [-0.39, 0.29) is 11.4 Å². The summed E-state index contributed by atoms with van der Waals surface area (Å²) >= 11 is 0. The highest BCUT2D eigenvalue weighted by atomic mass is 19.4. The molecule has 3 aromatic rings. The van der Waals surface area contributed by atoms with E-state index in [0.29, 0.717) is 50.0 Å². The van der Waals surface area contributed by atoms with Crippen molar-refractivity contribution in [2.45, 2.75) is 12.7 Å². The maximum Gasteiger partial charge on any atom is 0.405 e. The van der Waals surface area contributed by atoms with Gasteiger partial charge in [-0.1, -0.05) is 0 Å². The van der Waals surface area contributed by atoms with Gasteiger partial charge in [-0.25, -0.2) is 0 Å². The van der Waals surface area contributed by atoms with Crippen molar-refractivity contribution in [2.75, 3.05) is 51.8 Å². The molecule has 1 saturated heterocycles. The molecule has 1 fully saturated rings. The van der Waals surface area contributed by atoms with Crippen molar-refractivity contribution in [1.29, 1.82) is 0 Å². The molecule has 2 aromatic heterocycles. The highest BCUT2D eigenvalue weighted by molar-refractivity contribution is 5.92. The molecular weight excluding hydrogens is 505 g/mol. The van der Waals surface area contributed by atoms with Crippen LogP contribution in [0.5, 0.6) is 17.2 Å². The number of aromatic nitrogens is 3. The summed E-state index contributed by atoms with van der Waals surface area (Å²) in [7, 11) is 3.18. The van der Waals surface area contributed by atoms with Crippen LogP contribution in [0, 0.1) is 0 Å². The summed E-state index contributed by atoms with van der Waals surface area (Å²) in [5, 5.41) is 19.4. The fraction of sp³-hybridized carbons (Fsp3) is 0.360. The van der Waals surface area contributed by atoms with Gasteiger partial charge in [0.1, 0.15) is 23.8 Å². The van der Waals surface area contributed by atoms with Gasteiger partial charge < -0.3 is 24.8 Å². The predicted molar refractivity (Wildman–Crippen MR) is 132 cm³/mol. The number of nitrogens with zero attached hydrogens (tertiary/aromatic N) is 5. The Hall–Kier alpha value is -4.13. The van der Waals surface area contributed by atoms with Crippen LogP contribution in [0.1, 0.15) is 16.1 Å². The van der Waals surface area contributed by atoms with Crippen LogP contribution in [0.2, 0.25) is 0 Å². The Morgan fingerprint density at radius 3 is 2.24 bits per heavy atom. The van der Waals surface area contributed by atoms with Gasteiger partial charge in [-0.05, 0) is 35.9 Å². The van der Waals surface area contributed by atoms with Crippen LogP contribution in [-0.2, 0) is 6.54 Å². The quantitative estimate of drug-likeness (QED) is 0.452. The first kappa shape index (κ1) is 26.9. The number of nitrogens with one attached hydrogen (secondary N) is 1. The number of rotatable bonds is 8. The maximum atomic E-state index is 12.3. The van der Waals surface area contributed by atoms with E-state index < -0.39 is 18.6 Å². The largest absolute Gasteiger partial charge is 0.506 e. The van der Waals surface area contributed by atoms with Crippen LogP contribution in [0.15, 0.2) is 42.7 Å². The number of alkyl halides is 3. The highest BCUT2D eigenvalue weighted by Gasteiger charge is 2.28. The first-order valence-electron chi connectivity index (χ1n) is 11.7. The van der Waals surface area contributed by atoms with Gasteiger partial charge in [0.25, 0.3) is 5.91 Å². The summed E-state index contributed by atoms with van der Waals surface area (Å²) in [6.07, 6.45) is -1.49. The lowest BCUT2D eigenvalue weighted by Gasteiger charge is -2.35. The number of amides is 1. The van der Waals surface area contributed by atoms with E-state index in [0.717, 1.165) is 16.7 Å². The number of pyridine rings is 1. The van der Waals surface area contributed by atoms with E-state index in [9.17, 15) is 23.1 Å². The van der Waals surface area contributed by atoms with E-state index in [1.165, 1.54) is 12.3 Å². The molecule has 0 unspecified atom stereocenters. The molecule has 13 heteroatoms. The molecule has 0 bridgehead atoms. The summed E-state index contributed by atoms with van der Waals surface area (Å²) in [4.78, 5) is 20.1. The zero-order valence-electron chi connectivity index (χ0n) is 20.8. The number of piperazine rings is 1. The van der Waals surface area contributed by atoms with Gasteiger partial charge in [0.05, 0.1) is 26.0 Å². The Bertz CT molecular complexity index is 1240. The summed E-state index contributed by atoms with van der Waals surface area (Å²) < 4.78 is 48.3. The number of carbonyl (C=O) groups excluding carboxylic acids is 1. The molecule has 0 aliphatic carbocycles. The summed E-state index contributed by atoms with van der Waals surface area (Å²) in [5.74, 6) is 0.967. The second kappa shape index (κ2) is 11.5. The minimum atomic E-state index is -4.50. The van der Waals surface area contributed by atoms with Crippen molar-refractivity contribution in [1.82, 2.24) is 25.4 Å². The van der Waals surface area contributed by atoms with Crippen LogP contribution in [-0.4, -0.2) is 84.2 Å². The molecule has 1 aliphatic rings. The normalized spacial score (nSPS) is 14.3. The Labute approximate surface area is 217 Å². The highest BCUT2D eigenvalue weighted by Crippen LogP contribution is 2.36. The molecule has 4 rings (SSSR count). The van der Waals surface area contributed by atoms with Crippen molar-refractivity contribution in [3.63, 3.8) is 0 Å². The van der Waals surface area contributed by atoms with E-state index in [2.05, 4.69) is 20.1 Å². The summed E-state index contributed by atoms with van der Waals surface area (Å²) in [6, 6.07) is 8.31. The molecule has 3 heterocycles. The monoisotopic (exact) mass is 532 g/mol. The standard InChI is InChI=1S/C25H27F3N6O4/c1-37-21-10-16(17-9-18(35)13-29-12-17)11-22(38-2)19(21)14-33-5-7-34(8-6-33)23-4-3-20(31-32-23)24(36)30-15-25(26,27)28/h3-4,9-13,35H,5-8,14-15H2,1-2H3,(H,30,36). The number of hydrogen-bond donors (Lipinski definition) is 2. The molecule has 1 aliphatic heterocycles. The number of anilines is 1. The van der Waals surface area contributed by atoms with Crippen LogP contribution in [0.25, 0.3) is 11.1 Å². The van der Waals surface area contributed by atoms with Gasteiger partial charge >= 0.3 is 6.18 Å². The first-order chi connectivity index (χ1) is 18.2. The van der Waals surface area contributed by atoms with E-state index in [1.807, 2.05) is 17.0 Å². The smallest absolute Gasteiger partial charge is 0.405 e. The minimum absolute atomic E-state index is 0.0615. The van der Waals surface area contributed by atoms with E-state index >= 15 is 0 Å². The number of hydrogen-bond acceptors (Lipinski definition) is 9. The van der Waals surface area contributed by atoms with Crippen molar-refractivity contribution in [2.24, 2.45) is 0 Å². The number of carbonyl (C=O) groups is 1. The van der Waals surface area contributed by atoms with Gasteiger partial charge in [0, 0.05) is 44.5 Å². The molecule has 2 N–H and O–H groups in total. The second-order valence-electron chi connectivity index (χ2n) is 8.63. The Kier molecular flexibility index (Phi) is 8.15. The first-order valence-corrected chi connectivity index (χ1v) is 11.7. The Morgan fingerprint density at radius 2 is 1.68 bits per heavy atom. The van der Waals surface area contributed by atoms with E-state index in [4.69, 9.17) is 9.47 Å². The lowest BCUT2D eigenvalue weighted by atomic mass is 10.0. The molecule has 0 atom stereocenters. The Morgan fingerprint density at radius 1 is 1.00 bits per heavy atom. The molecule has 1 amide bonds. The van der Waals surface area contributed by atoms with Crippen molar-refractivity contribution in [3.8, 4) is 28.4 Å². The third kappa shape index (κ3) is 6.59. The number of methoxy groups -OCH3 is 2. The van der Waals surface area contributed by atoms with Gasteiger partial charge in [0.2, 0.25) is 0 Å². The number of halogens is 3. The molecule has 0 saturated carbocycles. The molecular formula is C25H27F3N6O4. The molecule has 10 nitrogen and oxygen atoms in total. The number of benzene rings is 1. The fourth-order valence-electron chi connectivity index (χ4n) is 4.14. The summed E-state index contributed by atoms with van der Waals surface area (Å²) in [6.45, 7) is 1.79. The average Bonchev–Trinajstić information content (AvgIpc) is 2.92. The second-order valence-corrected chi connectivity index (χ2v) is 8.63. The van der Waals surface area contributed by atoms with Crippen LogP contribution >= 0.6 is 0 Å². The van der Waals surface area contributed by atoms with Crippen LogP contribution in [0.3, 0.4) is 0 Å². The van der Waals surface area contributed by atoms with Gasteiger partial charge in [0.15, 0.2) is 11.5 Å². The zero-order chi connectivity index (χ0) is 27.3. The van der Waals surface area contributed by atoms with Gasteiger partial charge in [-0.3, -0.25) is 14.7 Å². The number of ether oxygens (including phenoxy) is 2. The van der Waals surface area contributed by atoms with Crippen LogP contribution in [0.4, 0.5) is 19.0 Å². The third-order valence-electron chi connectivity index (χ3n) is 6.08. The lowest BCUT2D eigenvalue weighted by Crippen LogP contribution is -2.46. The molecule has 0 spiro atoms. The molecule has 1 aromatic carbocycles. The predicted octanol–water partition coefficient (Wildman–Crippen LogP) is 2.88. The third-order valence-corrected chi connectivity index (χ3v) is 6.08. The van der Waals surface area contributed by atoms with Crippen LogP contribution < -0.4 is 19.7 Å². The van der Waals surface area contributed by atoms with Gasteiger partial charge in [-0.15, -0.1) is 10.2 Å². The van der Waals surface area contributed by atoms with Gasteiger partial charge in [-0.2, -0.15) is 13.2 Å². The van der Waals surface area contributed by atoms with Crippen molar-refractivity contribution in [3.05, 3.63) is 54.0 Å². The molecule has 38 heavy (non-hydrogen) atoms. The van der Waals surface area contributed by atoms with Crippen molar-refractivity contribution < 1.29 is 32.5 Å². The fourth-order valence-corrected chi connectivity index (χ4v) is 4.14. The Balaban J connectivity index is 1.39. The maximum absolute atomic E-state index is 12.3. The average molecular weight is 533 g/mol. The number of aromatic hydroxyl groups is 1. The molecule has 202 valence electrons. The molecule has 0 radical (unpaired) electrons. The zero-order valence-corrected chi connectivity index (χ0v) is 20.8. The minimum Gasteiger partial charge on any atom is -0.506 e. The van der Waals surface area contributed by atoms with Crippen molar-refractivity contribution >= 4 is 11.7 Å². The SMILES string of the molecule is COc1cc(-c2cncc(O)c2)cc(OC)c1CN1CCN(c2ccc(C(=O)NCC(F)(F)F)nn2)CC1. The summed E-state index contributed by atoms with van der Waals surface area (Å²) in [5.41, 5.74) is 2.23.